The molecule has 1 aliphatic heterocycles. The highest BCUT2D eigenvalue weighted by Gasteiger charge is 2.21. The van der Waals surface area contributed by atoms with Crippen LogP contribution in [0.5, 0.6) is 0 Å². The zero-order valence-corrected chi connectivity index (χ0v) is 5.63. The predicted octanol–water partition coefficient (Wildman–Crippen LogP) is -0.519. The Balaban J connectivity index is 2.08. The summed E-state index contributed by atoms with van der Waals surface area (Å²) in [5, 5.41) is 0. The van der Waals surface area contributed by atoms with Gasteiger partial charge in [0.2, 0.25) is 0 Å². The van der Waals surface area contributed by atoms with Gasteiger partial charge in [0.05, 0.1) is 0 Å². The van der Waals surface area contributed by atoms with Gasteiger partial charge in [-0.1, -0.05) is 13.3 Å². The first-order valence-electron chi connectivity index (χ1n) is 3.24. The van der Waals surface area contributed by atoms with Crippen LogP contribution in [0.25, 0.3) is 0 Å². The first-order chi connectivity index (χ1) is 4.43. The molecule has 1 aliphatic rings. The van der Waals surface area contributed by atoms with Crippen molar-refractivity contribution in [3.63, 3.8) is 0 Å². The largest absolute Gasteiger partial charge is 0.458 e. The molecule has 3 nitrogen and oxygen atoms in total. The standard InChI is InChI=1S/C3H9B3O3/c1-2-3-6-8-4-7-5-9-6/h4-5H,2-3H2,1H3. The molecule has 0 radical (unpaired) electrons. The Morgan fingerprint density at radius 3 is 2.56 bits per heavy atom. The second-order valence-electron chi connectivity index (χ2n) is 1.99. The lowest BCUT2D eigenvalue weighted by atomic mass is 9.79. The topological polar surface area (TPSA) is 27.7 Å². The van der Waals surface area contributed by atoms with Crippen LogP contribution in [0.4, 0.5) is 0 Å². The van der Waals surface area contributed by atoms with E-state index < -0.39 is 0 Å². The normalized spacial score (nSPS) is 18.6. The molecule has 0 aliphatic carbocycles. The molecule has 0 bridgehead atoms. The van der Waals surface area contributed by atoms with Crippen LogP contribution in [0, 0.1) is 0 Å². The van der Waals surface area contributed by atoms with E-state index in [1.165, 1.54) is 0 Å². The van der Waals surface area contributed by atoms with Crippen molar-refractivity contribution in [3.8, 4) is 0 Å². The van der Waals surface area contributed by atoms with E-state index >= 15 is 0 Å². The molecule has 0 N–H and O–H groups in total. The van der Waals surface area contributed by atoms with Crippen LogP contribution in [0.15, 0.2) is 0 Å². The Kier molecular flexibility index (Phi) is 3.18. The highest BCUT2D eigenvalue weighted by Crippen LogP contribution is 2.02. The Hall–Kier alpha value is 0.0748. The zero-order valence-electron chi connectivity index (χ0n) is 5.63. The second-order valence-corrected chi connectivity index (χ2v) is 1.99. The molecule has 0 aromatic carbocycles. The second kappa shape index (κ2) is 3.98. The lowest BCUT2D eigenvalue weighted by Gasteiger charge is -2.18. The Labute approximate surface area is 56.8 Å². The van der Waals surface area contributed by atoms with Crippen LogP contribution >= 0.6 is 0 Å². The van der Waals surface area contributed by atoms with Crippen LogP contribution in [0.1, 0.15) is 13.3 Å². The number of rotatable bonds is 2. The third kappa shape index (κ3) is 2.43. The van der Waals surface area contributed by atoms with Gasteiger partial charge in [0, 0.05) is 0 Å². The van der Waals surface area contributed by atoms with Gasteiger partial charge in [-0.3, -0.25) is 0 Å². The van der Waals surface area contributed by atoms with E-state index in [1.54, 1.807) is 0 Å². The molecule has 0 saturated carbocycles. The van der Waals surface area contributed by atoms with Gasteiger partial charge < -0.3 is 13.7 Å². The van der Waals surface area contributed by atoms with Gasteiger partial charge >= 0.3 is 22.5 Å². The molecule has 9 heavy (non-hydrogen) atoms. The summed E-state index contributed by atoms with van der Waals surface area (Å²) in [4.78, 5) is 0. The molecule has 0 aromatic heterocycles. The van der Waals surface area contributed by atoms with Crippen LogP contribution in [-0.2, 0) is 13.7 Å². The molecule has 1 fully saturated rings. The molecule has 0 atom stereocenters. The fourth-order valence-electron chi connectivity index (χ4n) is 0.733. The summed E-state index contributed by atoms with van der Waals surface area (Å²) in [7, 11) is 0.735. The third-order valence-electron chi connectivity index (χ3n) is 1.20. The summed E-state index contributed by atoms with van der Waals surface area (Å²) in [5.41, 5.74) is 0. The Morgan fingerprint density at radius 1 is 1.33 bits per heavy atom. The van der Waals surface area contributed by atoms with E-state index in [1.807, 2.05) is 0 Å². The summed E-state index contributed by atoms with van der Waals surface area (Å²) in [6, 6.07) is 0. The minimum Gasteiger partial charge on any atom is -0.458 e. The summed E-state index contributed by atoms with van der Waals surface area (Å²) in [6.07, 6.45) is 2.05. The monoisotopic (exact) mass is 126 g/mol. The van der Waals surface area contributed by atoms with E-state index in [2.05, 4.69) is 6.92 Å². The van der Waals surface area contributed by atoms with Crippen LogP contribution in [0.3, 0.4) is 0 Å². The zero-order chi connectivity index (χ0) is 6.53. The SMILES string of the molecule is CCCB1OBOBO1. The number of hydrogen-bond acceptors (Lipinski definition) is 3. The van der Waals surface area contributed by atoms with Crippen molar-refractivity contribution in [2.75, 3.05) is 0 Å². The molecular formula is C3H9B3O3. The van der Waals surface area contributed by atoms with Crippen molar-refractivity contribution in [2.45, 2.75) is 19.7 Å². The molecular weight excluding hydrogens is 116 g/mol. The van der Waals surface area contributed by atoms with Crippen LogP contribution < -0.4 is 0 Å². The van der Waals surface area contributed by atoms with Crippen molar-refractivity contribution in [1.29, 1.82) is 0 Å². The third-order valence-corrected chi connectivity index (χ3v) is 1.20. The summed E-state index contributed by atoms with van der Waals surface area (Å²) in [5.74, 6) is 0. The summed E-state index contributed by atoms with van der Waals surface area (Å²) < 4.78 is 14.9. The van der Waals surface area contributed by atoms with E-state index in [9.17, 15) is 0 Å². The van der Waals surface area contributed by atoms with E-state index in [-0.39, 0.29) is 7.12 Å². The molecule has 0 spiro atoms. The molecule has 48 valence electrons. The molecule has 1 rings (SSSR count). The molecule has 1 saturated heterocycles. The minimum atomic E-state index is -0.0243. The smallest absolute Gasteiger partial charge is 0.429 e. The van der Waals surface area contributed by atoms with Crippen molar-refractivity contribution >= 4 is 22.5 Å². The molecule has 1 heterocycles. The lowest BCUT2D eigenvalue weighted by Crippen LogP contribution is -2.34. The maximum atomic E-state index is 5.07. The lowest BCUT2D eigenvalue weighted by molar-refractivity contribution is 0.322. The highest BCUT2D eigenvalue weighted by molar-refractivity contribution is 6.61. The Morgan fingerprint density at radius 2 is 2.00 bits per heavy atom. The van der Waals surface area contributed by atoms with Gasteiger partial charge in [0.1, 0.15) is 0 Å². The molecule has 0 aromatic rings. The maximum absolute atomic E-state index is 5.07. The van der Waals surface area contributed by atoms with Gasteiger partial charge in [-0.2, -0.15) is 0 Å². The molecule has 6 heteroatoms. The summed E-state index contributed by atoms with van der Waals surface area (Å²) in [6.45, 7) is 2.10. The van der Waals surface area contributed by atoms with Crippen molar-refractivity contribution < 1.29 is 13.7 Å². The number of hydrogen-bond donors (Lipinski definition) is 0. The minimum absolute atomic E-state index is 0.0243. The average molecular weight is 126 g/mol. The molecule has 0 amide bonds. The van der Waals surface area contributed by atoms with Crippen molar-refractivity contribution in [3.05, 3.63) is 0 Å². The van der Waals surface area contributed by atoms with Gasteiger partial charge in [-0.25, -0.2) is 0 Å². The van der Waals surface area contributed by atoms with Gasteiger partial charge in [0.25, 0.3) is 0 Å². The van der Waals surface area contributed by atoms with Gasteiger partial charge in [-0.05, 0) is 6.32 Å². The molecule has 0 unspecified atom stereocenters. The predicted molar refractivity (Wildman–Crippen MR) is 38.4 cm³/mol. The quantitative estimate of drug-likeness (QED) is 0.465. The fraction of sp³-hybridized carbons (Fsp3) is 1.00. The first-order valence-corrected chi connectivity index (χ1v) is 3.24. The first kappa shape index (κ1) is 7.19. The van der Waals surface area contributed by atoms with Gasteiger partial charge in [-0.15, -0.1) is 0 Å². The van der Waals surface area contributed by atoms with Crippen LogP contribution in [-0.4, -0.2) is 22.5 Å². The summed E-state index contributed by atoms with van der Waals surface area (Å²) >= 11 is 0. The van der Waals surface area contributed by atoms with Crippen LogP contribution in [0.2, 0.25) is 6.32 Å². The van der Waals surface area contributed by atoms with E-state index in [0.29, 0.717) is 15.4 Å². The highest BCUT2D eigenvalue weighted by atomic mass is 16.7. The van der Waals surface area contributed by atoms with E-state index in [4.69, 9.17) is 13.7 Å². The Bertz CT molecular complexity index is 71.9. The van der Waals surface area contributed by atoms with Gasteiger partial charge in [0.15, 0.2) is 0 Å². The van der Waals surface area contributed by atoms with Crippen molar-refractivity contribution in [1.82, 2.24) is 0 Å². The van der Waals surface area contributed by atoms with E-state index in [0.717, 1.165) is 12.7 Å². The van der Waals surface area contributed by atoms with Crippen molar-refractivity contribution in [2.24, 2.45) is 0 Å². The average Bonchev–Trinajstić information content (AvgIpc) is 1.91. The fourth-order valence-corrected chi connectivity index (χ4v) is 0.733. The maximum Gasteiger partial charge on any atom is 0.429 e.